The molecular weight excluding hydrogens is 726 g/mol. The highest BCUT2D eigenvalue weighted by Crippen LogP contribution is 2.51. The largest absolute Gasteiger partial charge is 0.472 e. The Hall–Kier alpha value is -3.64. The Morgan fingerprint density at radius 3 is 2.00 bits per heavy atom. The summed E-state index contributed by atoms with van der Waals surface area (Å²) >= 11 is 0. The molecule has 0 spiro atoms. The molecule has 280 valence electrons. The van der Waals surface area contributed by atoms with Gasteiger partial charge in [0.15, 0.2) is 34.8 Å². The summed E-state index contributed by atoms with van der Waals surface area (Å²) < 4.78 is 72.9. The lowest BCUT2D eigenvalue weighted by Crippen LogP contribution is -2.38. The summed E-state index contributed by atoms with van der Waals surface area (Å²) in [6.45, 7) is 2.59. The van der Waals surface area contributed by atoms with Crippen molar-refractivity contribution in [2.75, 3.05) is 45.0 Å². The summed E-state index contributed by atoms with van der Waals surface area (Å²) in [5.41, 5.74) is 10.4. The van der Waals surface area contributed by atoms with Crippen LogP contribution in [-0.4, -0.2) is 113 Å². The second-order valence-electron chi connectivity index (χ2n) is 11.2. The zero-order valence-corrected chi connectivity index (χ0v) is 29.0. The van der Waals surface area contributed by atoms with Crippen LogP contribution in [0.15, 0.2) is 22.2 Å². The predicted octanol–water partition coefficient (Wildman–Crippen LogP) is -0.322. The van der Waals surface area contributed by atoms with Gasteiger partial charge < -0.3 is 40.2 Å². The Balaban J connectivity index is 1.22. The van der Waals surface area contributed by atoms with E-state index in [1.165, 1.54) is 21.8 Å². The number of imidazole rings is 2. The van der Waals surface area contributed by atoms with Gasteiger partial charge in [0.25, 0.3) is 11.1 Å². The summed E-state index contributed by atoms with van der Waals surface area (Å²) in [5.74, 6) is -0.356. The number of aromatic amines is 2. The molecule has 2 unspecified atom stereocenters. The number of hydrogen-bond acceptors (Lipinski definition) is 18. The molecule has 6 heterocycles. The third-order valence-electron chi connectivity index (χ3n) is 7.93. The van der Waals surface area contributed by atoms with Crippen molar-refractivity contribution in [3.05, 3.63) is 33.4 Å². The molecule has 24 nitrogen and oxygen atoms in total. The molecule has 2 fully saturated rings. The fraction of sp³-hybridized carbons (Fsp3) is 0.600. The van der Waals surface area contributed by atoms with Crippen molar-refractivity contribution in [1.29, 1.82) is 0 Å². The molecule has 9 atom stereocenters. The van der Waals surface area contributed by atoms with E-state index in [1.54, 1.807) is 13.8 Å². The molecular formula is C25H36N10O14P2. The maximum Gasteiger partial charge on any atom is 0.472 e. The highest BCUT2D eigenvalue weighted by Gasteiger charge is 2.52. The molecule has 0 saturated carbocycles. The number of H-pyrrole nitrogens is 2. The first-order chi connectivity index (χ1) is 24.2. The lowest BCUT2D eigenvalue weighted by Gasteiger charge is -2.26. The van der Waals surface area contributed by atoms with Gasteiger partial charge in [-0.2, -0.15) is 9.97 Å². The Kier molecular flexibility index (Phi) is 10.8. The third kappa shape index (κ3) is 7.77. The summed E-state index contributed by atoms with van der Waals surface area (Å²) in [6, 6.07) is 0. The van der Waals surface area contributed by atoms with E-state index in [1.807, 2.05) is 0 Å². The quantitative estimate of drug-likeness (QED) is 0.0845. The van der Waals surface area contributed by atoms with Gasteiger partial charge in [0.05, 0.1) is 32.0 Å². The van der Waals surface area contributed by atoms with Crippen molar-refractivity contribution >= 4 is 49.9 Å². The van der Waals surface area contributed by atoms with Crippen LogP contribution in [-0.2, 0) is 46.2 Å². The molecule has 4 aromatic heterocycles. The van der Waals surface area contributed by atoms with E-state index in [0.717, 1.165) is 7.11 Å². The smallest absolute Gasteiger partial charge is 0.374 e. The van der Waals surface area contributed by atoms with Crippen LogP contribution in [0.3, 0.4) is 0 Å². The van der Waals surface area contributed by atoms with Crippen LogP contribution in [0.4, 0.5) is 11.9 Å². The van der Waals surface area contributed by atoms with Crippen molar-refractivity contribution in [2.24, 2.45) is 0 Å². The van der Waals surface area contributed by atoms with Gasteiger partial charge >= 0.3 is 15.6 Å². The number of hydrogen-bond donors (Lipinski definition) is 6. The number of anilines is 2. The average molecular weight is 763 g/mol. The number of nitrogens with zero attached hydrogens (tertiary/aromatic N) is 6. The van der Waals surface area contributed by atoms with Gasteiger partial charge in [-0.3, -0.25) is 46.8 Å². The number of nitrogens with two attached hydrogens (primary N) is 2. The van der Waals surface area contributed by atoms with Gasteiger partial charge in [-0.15, -0.1) is 0 Å². The Bertz CT molecular complexity index is 2090. The van der Waals surface area contributed by atoms with Gasteiger partial charge in [-0.25, -0.2) is 19.1 Å². The van der Waals surface area contributed by atoms with Crippen molar-refractivity contribution in [3.63, 3.8) is 0 Å². The number of nitrogen functional groups attached to an aromatic ring is 2. The van der Waals surface area contributed by atoms with Crippen LogP contribution in [0, 0.1) is 0 Å². The fourth-order valence-electron chi connectivity index (χ4n) is 5.84. The van der Waals surface area contributed by atoms with Crippen LogP contribution in [0.2, 0.25) is 0 Å². The van der Waals surface area contributed by atoms with E-state index >= 15 is 0 Å². The van der Waals surface area contributed by atoms with Gasteiger partial charge in [-0.1, -0.05) is 0 Å². The fourth-order valence-corrected chi connectivity index (χ4v) is 7.26. The highest BCUT2D eigenvalue weighted by molar-refractivity contribution is 7.47. The Morgan fingerprint density at radius 2 is 1.43 bits per heavy atom. The lowest BCUT2D eigenvalue weighted by molar-refractivity contribution is -0.0710. The van der Waals surface area contributed by atoms with Crippen LogP contribution >= 0.6 is 15.6 Å². The van der Waals surface area contributed by atoms with Crippen LogP contribution in [0.1, 0.15) is 32.7 Å². The van der Waals surface area contributed by atoms with Gasteiger partial charge in [0.2, 0.25) is 11.9 Å². The molecule has 2 saturated heterocycles. The number of aromatic nitrogens is 8. The Morgan fingerprint density at radius 1 is 0.863 bits per heavy atom. The molecule has 2 aliphatic heterocycles. The molecule has 8 N–H and O–H groups in total. The monoisotopic (exact) mass is 762 g/mol. The first-order valence-electron chi connectivity index (χ1n) is 15.4. The number of fused-ring (bicyclic) bond motifs is 2. The minimum atomic E-state index is -5.01. The standard InChI is InChI=1S/C25H36N10O14P2/c1-4-43-12-6-11(47-22(12)34-9-28-14-18(34)30-24(26)32-20(14)36)7-45-51(40,41)49-16-13(8-46-50(38,39)42-3)48-23(17(16)44-5-2)35-10-29-15-19(35)31-25(27)33-21(15)37/h9-13,16-17,22-23H,4-8H2,1-3H3,(H,38,39)(H,40,41)(H3,26,30,32,36)(H3,27,31,33,37)/t11-,12+,13+,16+,17+,22+,23+/m0/s1. The number of ether oxygens (including phenoxy) is 4. The van der Waals surface area contributed by atoms with Crippen molar-refractivity contribution in [3.8, 4) is 0 Å². The SMILES string of the molecule is CCO[C@@H]1[C@H](OP(=O)(O)OC[C@@H]2C[C@@H](OCC)[C@H](n3cnc4c(=O)[nH]c(N)nc43)O2)[C@@H](COP(=O)(O)OC)O[C@H]1n1cnc2c(=O)[nH]c(N)nc21. The second-order valence-corrected chi connectivity index (χ2v) is 14.2. The second kappa shape index (κ2) is 14.8. The van der Waals surface area contributed by atoms with E-state index in [9.17, 15) is 28.5 Å². The summed E-state index contributed by atoms with van der Waals surface area (Å²) in [4.78, 5) is 66.8. The number of phosphoric acid groups is 2. The minimum Gasteiger partial charge on any atom is -0.374 e. The molecule has 0 amide bonds. The maximum atomic E-state index is 13.5. The zero-order valence-electron chi connectivity index (χ0n) is 27.3. The molecule has 51 heavy (non-hydrogen) atoms. The molecule has 0 radical (unpaired) electrons. The number of phosphoric ester groups is 2. The molecule has 6 rings (SSSR count). The first kappa shape index (κ1) is 37.1. The summed E-state index contributed by atoms with van der Waals surface area (Å²) in [5, 5.41) is 0. The highest BCUT2D eigenvalue weighted by atomic mass is 31.2. The summed E-state index contributed by atoms with van der Waals surface area (Å²) in [6.07, 6.45) is -4.83. The number of nitrogens with one attached hydrogen (secondary N) is 2. The van der Waals surface area contributed by atoms with E-state index < -0.39 is 83.0 Å². The first-order valence-corrected chi connectivity index (χ1v) is 18.4. The van der Waals surface area contributed by atoms with Crippen molar-refractivity contribution < 1.29 is 56.0 Å². The summed E-state index contributed by atoms with van der Waals surface area (Å²) in [7, 11) is -8.61. The predicted molar refractivity (Wildman–Crippen MR) is 172 cm³/mol. The van der Waals surface area contributed by atoms with Crippen LogP contribution < -0.4 is 22.6 Å². The van der Waals surface area contributed by atoms with E-state index in [4.69, 9.17) is 44.0 Å². The van der Waals surface area contributed by atoms with Crippen molar-refractivity contribution in [1.82, 2.24) is 39.0 Å². The Labute approximate surface area is 286 Å². The van der Waals surface area contributed by atoms with Gasteiger partial charge in [0.1, 0.15) is 24.4 Å². The zero-order chi connectivity index (χ0) is 36.7. The minimum absolute atomic E-state index is 0.00984. The van der Waals surface area contributed by atoms with Gasteiger partial charge in [-0.05, 0) is 13.8 Å². The van der Waals surface area contributed by atoms with Crippen molar-refractivity contribution in [2.45, 2.75) is 63.2 Å². The molecule has 0 aromatic carbocycles. The molecule has 26 heteroatoms. The molecule has 2 aliphatic rings. The lowest BCUT2D eigenvalue weighted by atomic mass is 10.1. The van der Waals surface area contributed by atoms with E-state index in [-0.39, 0.29) is 47.3 Å². The average Bonchev–Trinajstić information content (AvgIpc) is 3.85. The topological polar surface area (TPSA) is 328 Å². The van der Waals surface area contributed by atoms with E-state index in [2.05, 4.69) is 34.4 Å². The number of rotatable bonds is 15. The molecule has 0 aliphatic carbocycles. The van der Waals surface area contributed by atoms with Gasteiger partial charge in [0, 0.05) is 26.7 Å². The van der Waals surface area contributed by atoms with Crippen LogP contribution in [0.25, 0.3) is 22.3 Å². The maximum absolute atomic E-state index is 13.5. The third-order valence-corrected chi connectivity index (χ3v) is 9.85. The molecule has 4 aromatic rings. The molecule has 0 bridgehead atoms. The normalized spacial score (nSPS) is 27.7. The van der Waals surface area contributed by atoms with Crippen LogP contribution in [0.5, 0.6) is 0 Å². The van der Waals surface area contributed by atoms with E-state index in [0.29, 0.717) is 6.61 Å².